The number of amides is 2. The minimum absolute atomic E-state index is 0.141. The molecule has 0 saturated carbocycles. The molecule has 0 radical (unpaired) electrons. The number of rotatable bonds is 2. The summed E-state index contributed by atoms with van der Waals surface area (Å²) in [5.74, 6) is -0.127. The molecule has 2 aliphatic rings. The van der Waals surface area contributed by atoms with Gasteiger partial charge in [0.25, 0.3) is 5.91 Å². The maximum absolute atomic E-state index is 12.8. The first-order valence-corrected chi connectivity index (χ1v) is 8.45. The third-order valence-electron chi connectivity index (χ3n) is 4.16. The molecule has 2 amide bonds. The van der Waals surface area contributed by atoms with Crippen molar-refractivity contribution in [3.63, 3.8) is 0 Å². The number of aromatic nitrogens is 3. The highest BCUT2D eigenvalue weighted by molar-refractivity contribution is 6.30. The van der Waals surface area contributed by atoms with Crippen LogP contribution in [0.1, 0.15) is 22.4 Å². The summed E-state index contributed by atoms with van der Waals surface area (Å²) in [5, 5.41) is 3.60. The Morgan fingerprint density at radius 2 is 1.96 bits per heavy atom. The molecular formula is C16H15ClN6O3. The fourth-order valence-corrected chi connectivity index (χ4v) is 3.01. The van der Waals surface area contributed by atoms with E-state index in [0.717, 1.165) is 0 Å². The summed E-state index contributed by atoms with van der Waals surface area (Å²) in [5.41, 5.74) is 0.431. The second-order valence-corrected chi connectivity index (χ2v) is 6.21. The molecule has 0 unspecified atom stereocenters. The minimum atomic E-state index is -1.03. The number of hydrogen-bond acceptors (Lipinski definition) is 7. The van der Waals surface area contributed by atoms with Crippen LogP contribution in [-0.2, 0) is 4.74 Å². The predicted molar refractivity (Wildman–Crippen MR) is 91.8 cm³/mol. The maximum atomic E-state index is 12.8. The van der Waals surface area contributed by atoms with Crippen molar-refractivity contribution in [1.82, 2.24) is 25.2 Å². The number of carbonyl (C=O) groups excluding carboxylic acids is 2. The molecule has 2 aromatic rings. The van der Waals surface area contributed by atoms with Gasteiger partial charge < -0.3 is 15.0 Å². The van der Waals surface area contributed by atoms with Gasteiger partial charge in [-0.15, -0.1) is 0 Å². The Balaban J connectivity index is 1.66. The molecule has 1 atom stereocenters. The van der Waals surface area contributed by atoms with Crippen LogP contribution in [0.2, 0.25) is 5.02 Å². The molecule has 2 aromatic heterocycles. The summed E-state index contributed by atoms with van der Waals surface area (Å²) in [6.45, 7) is 2.45. The van der Waals surface area contributed by atoms with Gasteiger partial charge in [-0.05, 0) is 12.1 Å². The molecule has 2 aliphatic heterocycles. The smallest absolute Gasteiger partial charge is 0.412 e. The Hall–Kier alpha value is -2.78. The second-order valence-electron chi connectivity index (χ2n) is 5.77. The zero-order valence-corrected chi connectivity index (χ0v) is 14.4. The van der Waals surface area contributed by atoms with Gasteiger partial charge in [0.05, 0.1) is 5.02 Å². The summed E-state index contributed by atoms with van der Waals surface area (Å²) >= 11 is 5.88. The Kier molecular flexibility index (Phi) is 4.39. The van der Waals surface area contributed by atoms with Gasteiger partial charge in [-0.25, -0.2) is 19.7 Å². The largest absolute Gasteiger partial charge is 0.419 e. The number of nitrogens with zero attached hydrogens (tertiary/aromatic N) is 5. The van der Waals surface area contributed by atoms with Gasteiger partial charge in [-0.2, -0.15) is 0 Å². The Labute approximate surface area is 153 Å². The second kappa shape index (κ2) is 6.85. The summed E-state index contributed by atoms with van der Waals surface area (Å²) < 4.78 is 5.63. The highest BCUT2D eigenvalue weighted by Gasteiger charge is 2.44. The molecule has 1 N–H and O–H groups in total. The van der Waals surface area contributed by atoms with Gasteiger partial charge in [-0.1, -0.05) is 11.6 Å². The number of piperazine rings is 1. The molecule has 0 bridgehead atoms. The number of carbonyl (C=O) groups is 2. The Morgan fingerprint density at radius 1 is 1.19 bits per heavy atom. The first kappa shape index (κ1) is 16.7. The van der Waals surface area contributed by atoms with Crippen molar-refractivity contribution in [2.24, 2.45) is 0 Å². The number of halogens is 1. The fraction of sp³-hybridized carbons (Fsp3) is 0.312. The number of nitrogens with one attached hydrogen (secondary N) is 1. The molecule has 4 rings (SSSR count). The van der Waals surface area contributed by atoms with Crippen molar-refractivity contribution in [1.29, 1.82) is 0 Å². The summed E-state index contributed by atoms with van der Waals surface area (Å²) in [6.07, 6.45) is 2.76. The van der Waals surface area contributed by atoms with Crippen molar-refractivity contribution in [2.45, 2.75) is 6.23 Å². The lowest BCUT2D eigenvalue weighted by Gasteiger charge is -2.30. The van der Waals surface area contributed by atoms with Gasteiger partial charge in [0, 0.05) is 44.8 Å². The van der Waals surface area contributed by atoms with Crippen LogP contribution in [-0.4, -0.2) is 58.0 Å². The lowest BCUT2D eigenvalue weighted by molar-refractivity contribution is 0.0565. The van der Waals surface area contributed by atoms with Crippen LogP contribution in [0, 0.1) is 0 Å². The first-order chi connectivity index (χ1) is 12.6. The molecule has 26 heavy (non-hydrogen) atoms. The third kappa shape index (κ3) is 2.95. The highest BCUT2D eigenvalue weighted by atomic mass is 35.5. The van der Waals surface area contributed by atoms with E-state index in [1.165, 1.54) is 23.5 Å². The number of anilines is 1. The normalized spacial score (nSPS) is 19.4. The van der Waals surface area contributed by atoms with Crippen molar-refractivity contribution < 1.29 is 14.3 Å². The number of fused-ring (bicyclic) bond motifs is 1. The first-order valence-electron chi connectivity index (χ1n) is 8.07. The maximum Gasteiger partial charge on any atom is 0.412 e. The van der Waals surface area contributed by atoms with E-state index in [1.54, 1.807) is 17.0 Å². The molecule has 1 fully saturated rings. The van der Waals surface area contributed by atoms with Crippen LogP contribution >= 0.6 is 11.6 Å². The number of pyridine rings is 1. The van der Waals surface area contributed by atoms with Gasteiger partial charge in [-0.3, -0.25) is 9.78 Å². The SMILES string of the molecule is O=C(O[C@@H]1c2nccnc2C(=O)N1c1ccc(Cl)cn1)N1CCNCC1. The predicted octanol–water partition coefficient (Wildman–Crippen LogP) is 1.23. The molecule has 0 aromatic carbocycles. The molecule has 10 heteroatoms. The molecule has 4 heterocycles. The standard InChI is InChI=1S/C16H15ClN6O3/c17-10-1-2-11(21-9-10)23-14(24)12-13(20-4-3-19-12)15(23)26-16(25)22-7-5-18-6-8-22/h1-4,9,15,18H,5-8H2/t15-/m1/s1. The minimum Gasteiger partial charge on any atom is -0.419 e. The average Bonchev–Trinajstić information content (AvgIpc) is 2.95. The van der Waals surface area contributed by atoms with Gasteiger partial charge in [0.15, 0.2) is 5.69 Å². The lowest BCUT2D eigenvalue weighted by atomic mass is 10.3. The van der Waals surface area contributed by atoms with Gasteiger partial charge in [0.1, 0.15) is 11.5 Å². The van der Waals surface area contributed by atoms with E-state index in [0.29, 0.717) is 37.0 Å². The van der Waals surface area contributed by atoms with Crippen molar-refractivity contribution >= 4 is 29.4 Å². The quantitative estimate of drug-likeness (QED) is 0.843. The van der Waals surface area contributed by atoms with Crippen LogP contribution in [0.5, 0.6) is 0 Å². The Bertz CT molecular complexity index is 840. The van der Waals surface area contributed by atoms with Crippen LogP contribution < -0.4 is 10.2 Å². The summed E-state index contributed by atoms with van der Waals surface area (Å²) in [7, 11) is 0. The van der Waals surface area contributed by atoms with Crippen LogP contribution in [0.15, 0.2) is 30.7 Å². The van der Waals surface area contributed by atoms with Gasteiger partial charge >= 0.3 is 6.09 Å². The molecule has 0 spiro atoms. The zero-order valence-electron chi connectivity index (χ0n) is 13.6. The lowest BCUT2D eigenvalue weighted by Crippen LogP contribution is -2.47. The van der Waals surface area contributed by atoms with Crippen molar-refractivity contribution in [3.05, 3.63) is 47.1 Å². The van der Waals surface area contributed by atoms with E-state index in [1.807, 2.05) is 0 Å². The summed E-state index contributed by atoms with van der Waals surface area (Å²) in [4.78, 5) is 40.6. The zero-order chi connectivity index (χ0) is 18.1. The van der Waals surface area contributed by atoms with E-state index in [9.17, 15) is 9.59 Å². The van der Waals surface area contributed by atoms with E-state index in [4.69, 9.17) is 16.3 Å². The molecule has 1 saturated heterocycles. The van der Waals surface area contributed by atoms with E-state index >= 15 is 0 Å². The molecular weight excluding hydrogens is 360 g/mol. The topological polar surface area (TPSA) is 101 Å². The Morgan fingerprint density at radius 3 is 2.69 bits per heavy atom. The fourth-order valence-electron chi connectivity index (χ4n) is 2.90. The van der Waals surface area contributed by atoms with E-state index in [-0.39, 0.29) is 11.4 Å². The van der Waals surface area contributed by atoms with Crippen LogP contribution in [0.3, 0.4) is 0 Å². The van der Waals surface area contributed by atoms with Crippen molar-refractivity contribution in [2.75, 3.05) is 31.1 Å². The number of hydrogen-bond donors (Lipinski definition) is 1. The van der Waals surface area contributed by atoms with Crippen LogP contribution in [0.4, 0.5) is 10.6 Å². The van der Waals surface area contributed by atoms with E-state index in [2.05, 4.69) is 20.3 Å². The van der Waals surface area contributed by atoms with E-state index < -0.39 is 18.2 Å². The third-order valence-corrected chi connectivity index (χ3v) is 4.39. The molecule has 9 nitrogen and oxygen atoms in total. The van der Waals surface area contributed by atoms with Crippen molar-refractivity contribution in [3.8, 4) is 0 Å². The summed E-state index contributed by atoms with van der Waals surface area (Å²) in [6, 6.07) is 3.19. The average molecular weight is 375 g/mol. The highest BCUT2D eigenvalue weighted by Crippen LogP contribution is 2.35. The number of ether oxygens (including phenoxy) is 1. The molecule has 134 valence electrons. The monoisotopic (exact) mass is 374 g/mol. The van der Waals surface area contributed by atoms with Gasteiger partial charge in [0.2, 0.25) is 6.23 Å². The van der Waals surface area contributed by atoms with Crippen LogP contribution in [0.25, 0.3) is 0 Å². The molecule has 0 aliphatic carbocycles.